The first-order chi connectivity index (χ1) is 12.6. The largest absolute Gasteiger partial charge is 0.436 e. The van der Waals surface area contributed by atoms with E-state index in [4.69, 9.17) is 4.42 Å². The van der Waals surface area contributed by atoms with E-state index < -0.39 is 0 Å². The minimum Gasteiger partial charge on any atom is -0.436 e. The van der Waals surface area contributed by atoms with Crippen molar-refractivity contribution in [1.82, 2.24) is 4.98 Å². The molecule has 128 valence electrons. The number of amides is 1. The quantitative estimate of drug-likeness (QED) is 0.466. The summed E-state index contributed by atoms with van der Waals surface area (Å²) >= 11 is 3.38. The number of halogens is 1. The number of carbonyl (C=O) groups excluding carboxylic acids is 1. The van der Waals surface area contributed by atoms with Crippen molar-refractivity contribution in [3.05, 3.63) is 82.3 Å². The molecule has 0 bridgehead atoms. The molecule has 5 heteroatoms. The third kappa shape index (κ3) is 3.39. The van der Waals surface area contributed by atoms with Crippen LogP contribution in [0.4, 0.5) is 5.69 Å². The predicted molar refractivity (Wildman–Crippen MR) is 106 cm³/mol. The van der Waals surface area contributed by atoms with Crippen molar-refractivity contribution < 1.29 is 9.21 Å². The van der Waals surface area contributed by atoms with Crippen LogP contribution in [0.3, 0.4) is 0 Å². The van der Waals surface area contributed by atoms with Crippen molar-refractivity contribution in [2.45, 2.75) is 6.92 Å². The number of anilines is 1. The Morgan fingerprint density at radius 1 is 1.04 bits per heavy atom. The Labute approximate surface area is 159 Å². The second-order valence-electron chi connectivity index (χ2n) is 6.03. The molecule has 1 N–H and O–H groups in total. The number of hydrogen-bond donors (Lipinski definition) is 1. The molecule has 0 aliphatic rings. The van der Waals surface area contributed by atoms with E-state index in [1.54, 1.807) is 12.1 Å². The molecule has 1 heterocycles. The van der Waals surface area contributed by atoms with Gasteiger partial charge in [-0.1, -0.05) is 39.7 Å². The standard InChI is InChI=1S/C21H15BrN2O2/c1-13-5-7-14(8-6-13)21-24-18-12-17(9-10-19(18)26-21)23-20(25)15-3-2-4-16(22)11-15/h2-12H,1H3,(H,23,25). The Morgan fingerprint density at radius 2 is 1.85 bits per heavy atom. The zero-order valence-electron chi connectivity index (χ0n) is 14.0. The number of nitrogens with one attached hydrogen (secondary N) is 1. The molecule has 0 spiro atoms. The monoisotopic (exact) mass is 406 g/mol. The molecule has 1 aromatic heterocycles. The van der Waals surface area contributed by atoms with Gasteiger partial charge in [0.1, 0.15) is 5.52 Å². The first-order valence-corrected chi connectivity index (χ1v) is 8.92. The number of aromatic nitrogens is 1. The molecule has 3 aromatic carbocycles. The van der Waals surface area contributed by atoms with E-state index in [9.17, 15) is 4.79 Å². The molecule has 0 atom stereocenters. The number of fused-ring (bicyclic) bond motifs is 1. The van der Waals surface area contributed by atoms with Gasteiger partial charge in [0.2, 0.25) is 5.89 Å². The summed E-state index contributed by atoms with van der Waals surface area (Å²) in [6.07, 6.45) is 0. The summed E-state index contributed by atoms with van der Waals surface area (Å²) in [5, 5.41) is 2.89. The van der Waals surface area contributed by atoms with Crippen LogP contribution in [-0.2, 0) is 0 Å². The molecular weight excluding hydrogens is 392 g/mol. The van der Waals surface area contributed by atoms with Gasteiger partial charge in [-0.3, -0.25) is 4.79 Å². The van der Waals surface area contributed by atoms with Crippen LogP contribution in [0, 0.1) is 6.92 Å². The molecule has 0 unspecified atom stereocenters. The van der Waals surface area contributed by atoms with Gasteiger partial charge in [-0.2, -0.15) is 0 Å². The molecule has 4 nitrogen and oxygen atoms in total. The summed E-state index contributed by atoms with van der Waals surface area (Å²) in [6.45, 7) is 2.04. The Morgan fingerprint density at radius 3 is 2.62 bits per heavy atom. The molecule has 0 fully saturated rings. The maximum absolute atomic E-state index is 12.4. The smallest absolute Gasteiger partial charge is 0.255 e. The second kappa shape index (κ2) is 6.77. The SMILES string of the molecule is Cc1ccc(-c2nc3cc(NC(=O)c4cccc(Br)c4)ccc3o2)cc1. The van der Waals surface area contributed by atoms with Crippen molar-refractivity contribution in [3.63, 3.8) is 0 Å². The molecule has 26 heavy (non-hydrogen) atoms. The van der Waals surface area contributed by atoms with E-state index in [0.717, 1.165) is 10.0 Å². The Balaban J connectivity index is 1.61. The van der Waals surface area contributed by atoms with E-state index in [0.29, 0.717) is 28.2 Å². The molecule has 0 radical (unpaired) electrons. The van der Waals surface area contributed by atoms with E-state index >= 15 is 0 Å². The molecule has 0 saturated carbocycles. The van der Waals surface area contributed by atoms with Gasteiger partial charge in [-0.25, -0.2) is 4.98 Å². The van der Waals surface area contributed by atoms with Gasteiger partial charge in [-0.05, 0) is 55.5 Å². The summed E-state index contributed by atoms with van der Waals surface area (Å²) in [4.78, 5) is 16.9. The normalized spacial score (nSPS) is 10.8. The summed E-state index contributed by atoms with van der Waals surface area (Å²) in [6, 6.07) is 20.7. The van der Waals surface area contributed by atoms with Crippen molar-refractivity contribution in [2.24, 2.45) is 0 Å². The minimum atomic E-state index is -0.173. The topological polar surface area (TPSA) is 55.1 Å². The zero-order valence-corrected chi connectivity index (χ0v) is 15.6. The maximum atomic E-state index is 12.4. The summed E-state index contributed by atoms with van der Waals surface area (Å²) in [7, 11) is 0. The molecule has 0 saturated heterocycles. The zero-order chi connectivity index (χ0) is 18.1. The molecule has 0 aliphatic carbocycles. The van der Waals surface area contributed by atoms with E-state index in [1.807, 2.05) is 61.5 Å². The third-order valence-corrected chi connectivity index (χ3v) is 4.52. The number of hydrogen-bond acceptors (Lipinski definition) is 3. The first kappa shape index (κ1) is 16.5. The molecule has 4 rings (SSSR count). The Bertz CT molecular complexity index is 1100. The van der Waals surface area contributed by atoms with Gasteiger partial charge in [0, 0.05) is 21.3 Å². The van der Waals surface area contributed by atoms with Crippen molar-refractivity contribution in [2.75, 3.05) is 5.32 Å². The van der Waals surface area contributed by atoms with Crippen LogP contribution in [0.1, 0.15) is 15.9 Å². The highest BCUT2D eigenvalue weighted by Gasteiger charge is 2.11. The van der Waals surface area contributed by atoms with Gasteiger partial charge in [-0.15, -0.1) is 0 Å². The minimum absolute atomic E-state index is 0.173. The fraction of sp³-hybridized carbons (Fsp3) is 0.0476. The highest BCUT2D eigenvalue weighted by Crippen LogP contribution is 2.26. The van der Waals surface area contributed by atoms with Crippen molar-refractivity contribution >= 4 is 38.6 Å². The van der Waals surface area contributed by atoms with Crippen LogP contribution in [-0.4, -0.2) is 10.9 Å². The van der Waals surface area contributed by atoms with Gasteiger partial charge in [0.15, 0.2) is 5.58 Å². The van der Waals surface area contributed by atoms with Crippen LogP contribution in [0.25, 0.3) is 22.6 Å². The highest BCUT2D eigenvalue weighted by atomic mass is 79.9. The van der Waals surface area contributed by atoms with E-state index in [-0.39, 0.29) is 5.91 Å². The van der Waals surface area contributed by atoms with Crippen LogP contribution in [0.2, 0.25) is 0 Å². The van der Waals surface area contributed by atoms with Crippen LogP contribution < -0.4 is 5.32 Å². The summed E-state index contributed by atoms with van der Waals surface area (Å²) in [5.74, 6) is 0.392. The molecule has 0 aliphatic heterocycles. The lowest BCUT2D eigenvalue weighted by molar-refractivity contribution is 0.102. The highest BCUT2D eigenvalue weighted by molar-refractivity contribution is 9.10. The van der Waals surface area contributed by atoms with Crippen LogP contribution >= 0.6 is 15.9 Å². The number of oxazole rings is 1. The van der Waals surface area contributed by atoms with E-state index in [1.165, 1.54) is 5.56 Å². The van der Waals surface area contributed by atoms with Gasteiger partial charge in [0.05, 0.1) is 0 Å². The lowest BCUT2D eigenvalue weighted by atomic mass is 10.1. The Hall–Kier alpha value is -2.92. The molecule has 4 aromatic rings. The second-order valence-corrected chi connectivity index (χ2v) is 6.95. The number of carbonyl (C=O) groups is 1. The average molecular weight is 407 g/mol. The van der Waals surface area contributed by atoms with Crippen molar-refractivity contribution in [1.29, 1.82) is 0 Å². The summed E-state index contributed by atoms with van der Waals surface area (Å²) in [5.41, 5.74) is 4.74. The fourth-order valence-corrected chi connectivity index (χ4v) is 3.06. The molecular formula is C21H15BrN2O2. The molecule has 1 amide bonds. The number of nitrogens with zero attached hydrogens (tertiary/aromatic N) is 1. The lowest BCUT2D eigenvalue weighted by Gasteiger charge is -2.05. The number of rotatable bonds is 3. The summed E-state index contributed by atoms with van der Waals surface area (Å²) < 4.78 is 6.69. The lowest BCUT2D eigenvalue weighted by Crippen LogP contribution is -2.11. The van der Waals surface area contributed by atoms with E-state index in [2.05, 4.69) is 26.2 Å². The van der Waals surface area contributed by atoms with Crippen LogP contribution in [0.5, 0.6) is 0 Å². The third-order valence-electron chi connectivity index (χ3n) is 4.03. The number of aryl methyl sites for hydroxylation is 1. The Kier molecular flexibility index (Phi) is 4.31. The van der Waals surface area contributed by atoms with Crippen LogP contribution in [0.15, 0.2) is 75.6 Å². The van der Waals surface area contributed by atoms with Crippen molar-refractivity contribution in [3.8, 4) is 11.5 Å². The first-order valence-electron chi connectivity index (χ1n) is 8.13. The average Bonchev–Trinajstić information content (AvgIpc) is 3.05. The van der Waals surface area contributed by atoms with Gasteiger partial charge < -0.3 is 9.73 Å². The number of benzene rings is 3. The fourth-order valence-electron chi connectivity index (χ4n) is 2.66. The van der Waals surface area contributed by atoms with Gasteiger partial charge >= 0.3 is 0 Å². The predicted octanol–water partition coefficient (Wildman–Crippen LogP) is 5.82. The van der Waals surface area contributed by atoms with Gasteiger partial charge in [0.25, 0.3) is 5.91 Å². The maximum Gasteiger partial charge on any atom is 0.255 e.